The van der Waals surface area contributed by atoms with Gasteiger partial charge in [0.05, 0.1) is 0 Å². The second kappa shape index (κ2) is 6.92. The molecule has 1 aliphatic heterocycles. The molecule has 2 rings (SSSR count). The van der Waals surface area contributed by atoms with Crippen LogP contribution < -0.4 is 10.6 Å². The third-order valence-corrected chi connectivity index (χ3v) is 3.75. The van der Waals surface area contributed by atoms with Crippen LogP contribution in [0.25, 0.3) is 0 Å². The second-order valence-corrected chi connectivity index (χ2v) is 6.47. The van der Waals surface area contributed by atoms with E-state index in [0.717, 1.165) is 16.0 Å². The van der Waals surface area contributed by atoms with Gasteiger partial charge < -0.3 is 15.4 Å². The normalized spacial score (nSPS) is 15.8. The zero-order chi connectivity index (χ0) is 18.8. The van der Waals surface area contributed by atoms with Gasteiger partial charge in [0, 0.05) is 5.69 Å². The topological polar surface area (TPSA) is 105 Å². The molecule has 0 aromatic heterocycles. The molecule has 8 nitrogen and oxygen atoms in total. The van der Waals surface area contributed by atoms with Gasteiger partial charge in [-0.3, -0.25) is 19.3 Å². The van der Waals surface area contributed by atoms with E-state index in [2.05, 4.69) is 10.6 Å². The Bertz CT molecular complexity index is 742. The maximum atomic E-state index is 12.0. The largest absolute Gasteiger partial charge is 0.454 e. The Morgan fingerprint density at radius 1 is 1.24 bits per heavy atom. The van der Waals surface area contributed by atoms with Gasteiger partial charge >= 0.3 is 12.0 Å². The van der Waals surface area contributed by atoms with Gasteiger partial charge in [-0.25, -0.2) is 4.79 Å². The third-order valence-electron chi connectivity index (χ3n) is 3.75. The SMILES string of the molecule is Cc1ccc(NC(=O)COC(=O)CN2C(=O)NC(C)(C)C2=O)c(C)c1. The Labute approximate surface area is 145 Å². The summed E-state index contributed by atoms with van der Waals surface area (Å²) in [6, 6.07) is 4.88. The van der Waals surface area contributed by atoms with E-state index in [4.69, 9.17) is 4.74 Å². The number of benzene rings is 1. The molecule has 1 saturated heterocycles. The summed E-state index contributed by atoms with van der Waals surface area (Å²) in [5.41, 5.74) is 1.53. The Kier molecular flexibility index (Phi) is 5.10. The van der Waals surface area contributed by atoms with Crippen LogP contribution in [0.1, 0.15) is 25.0 Å². The van der Waals surface area contributed by atoms with Crippen LogP contribution in [0.5, 0.6) is 0 Å². The summed E-state index contributed by atoms with van der Waals surface area (Å²) in [7, 11) is 0. The highest BCUT2D eigenvalue weighted by Crippen LogP contribution is 2.17. The molecular formula is C17H21N3O5. The van der Waals surface area contributed by atoms with Gasteiger partial charge in [-0.1, -0.05) is 17.7 Å². The second-order valence-electron chi connectivity index (χ2n) is 6.47. The summed E-state index contributed by atoms with van der Waals surface area (Å²) >= 11 is 0. The average Bonchev–Trinajstić information content (AvgIpc) is 2.70. The van der Waals surface area contributed by atoms with Crippen LogP contribution in [0, 0.1) is 13.8 Å². The number of hydrogen-bond donors (Lipinski definition) is 2. The van der Waals surface area contributed by atoms with Gasteiger partial charge in [-0.2, -0.15) is 0 Å². The van der Waals surface area contributed by atoms with Crippen molar-refractivity contribution < 1.29 is 23.9 Å². The Balaban J connectivity index is 1.85. The van der Waals surface area contributed by atoms with Crippen LogP contribution in [0.4, 0.5) is 10.5 Å². The van der Waals surface area contributed by atoms with Crippen molar-refractivity contribution in [1.82, 2.24) is 10.2 Å². The molecule has 1 aromatic rings. The zero-order valence-corrected chi connectivity index (χ0v) is 14.6. The van der Waals surface area contributed by atoms with Crippen molar-refractivity contribution in [2.45, 2.75) is 33.2 Å². The van der Waals surface area contributed by atoms with Crippen LogP contribution in [0.2, 0.25) is 0 Å². The highest BCUT2D eigenvalue weighted by molar-refractivity contribution is 6.08. The minimum Gasteiger partial charge on any atom is -0.454 e. The van der Waals surface area contributed by atoms with Crippen molar-refractivity contribution in [3.8, 4) is 0 Å². The van der Waals surface area contributed by atoms with E-state index in [9.17, 15) is 19.2 Å². The lowest BCUT2D eigenvalue weighted by Crippen LogP contribution is -2.41. The molecule has 2 N–H and O–H groups in total. The quantitative estimate of drug-likeness (QED) is 0.613. The first-order valence-corrected chi connectivity index (χ1v) is 7.77. The molecule has 25 heavy (non-hydrogen) atoms. The highest BCUT2D eigenvalue weighted by atomic mass is 16.5. The molecule has 8 heteroatoms. The van der Waals surface area contributed by atoms with E-state index in [1.165, 1.54) is 13.8 Å². The number of carbonyl (C=O) groups excluding carboxylic acids is 4. The summed E-state index contributed by atoms with van der Waals surface area (Å²) in [5, 5.41) is 5.10. The molecule has 0 aliphatic carbocycles. The summed E-state index contributed by atoms with van der Waals surface area (Å²) in [4.78, 5) is 48.1. The molecule has 1 aliphatic rings. The summed E-state index contributed by atoms with van der Waals surface area (Å²) in [5.74, 6) is -1.86. The highest BCUT2D eigenvalue weighted by Gasteiger charge is 2.45. The minimum absolute atomic E-state index is 0.501. The van der Waals surface area contributed by atoms with Crippen LogP contribution in [-0.2, 0) is 19.1 Å². The number of ether oxygens (including phenoxy) is 1. The number of urea groups is 1. The van der Waals surface area contributed by atoms with Crippen LogP contribution in [0.15, 0.2) is 18.2 Å². The van der Waals surface area contributed by atoms with Crippen molar-refractivity contribution >= 4 is 29.5 Å². The van der Waals surface area contributed by atoms with Gasteiger partial charge in [0.2, 0.25) is 0 Å². The van der Waals surface area contributed by atoms with Crippen LogP contribution in [-0.4, -0.2) is 47.4 Å². The number of hydrogen-bond acceptors (Lipinski definition) is 5. The van der Waals surface area contributed by atoms with E-state index in [1.54, 1.807) is 6.07 Å². The standard InChI is InChI=1S/C17H21N3O5/c1-10-5-6-12(11(2)7-10)18-13(21)9-25-14(22)8-20-15(23)17(3,4)19-16(20)24/h5-7H,8-9H2,1-4H3,(H,18,21)(H,19,24). The van der Waals surface area contributed by atoms with Gasteiger partial charge in [0.15, 0.2) is 6.61 Å². The van der Waals surface area contributed by atoms with Crippen molar-refractivity contribution in [2.75, 3.05) is 18.5 Å². The maximum absolute atomic E-state index is 12.0. The minimum atomic E-state index is -1.06. The Morgan fingerprint density at radius 2 is 1.92 bits per heavy atom. The number of imide groups is 1. The van der Waals surface area contributed by atoms with Crippen molar-refractivity contribution in [2.24, 2.45) is 0 Å². The number of nitrogens with zero attached hydrogens (tertiary/aromatic N) is 1. The van der Waals surface area contributed by atoms with E-state index >= 15 is 0 Å². The van der Waals surface area contributed by atoms with Crippen LogP contribution in [0.3, 0.4) is 0 Å². The number of esters is 1. The van der Waals surface area contributed by atoms with Gasteiger partial charge in [-0.15, -0.1) is 0 Å². The maximum Gasteiger partial charge on any atom is 0.326 e. The third kappa shape index (κ3) is 4.34. The number of amides is 4. The molecule has 4 amide bonds. The lowest BCUT2D eigenvalue weighted by molar-refractivity contribution is -0.150. The summed E-state index contributed by atoms with van der Waals surface area (Å²) in [6.07, 6.45) is 0. The molecule has 0 spiro atoms. The fourth-order valence-corrected chi connectivity index (χ4v) is 2.42. The van der Waals surface area contributed by atoms with Crippen molar-refractivity contribution in [1.29, 1.82) is 0 Å². The van der Waals surface area contributed by atoms with E-state index in [-0.39, 0.29) is 0 Å². The fraction of sp³-hybridized carbons (Fsp3) is 0.412. The molecule has 0 radical (unpaired) electrons. The first-order valence-electron chi connectivity index (χ1n) is 7.77. The average molecular weight is 347 g/mol. The first kappa shape index (κ1) is 18.4. The lowest BCUT2D eigenvalue weighted by Gasteiger charge is -2.15. The molecule has 1 fully saturated rings. The van der Waals surface area contributed by atoms with Gasteiger partial charge in [0.1, 0.15) is 12.1 Å². The van der Waals surface area contributed by atoms with Crippen LogP contribution >= 0.6 is 0 Å². The molecule has 0 atom stereocenters. The Morgan fingerprint density at radius 3 is 2.48 bits per heavy atom. The number of rotatable bonds is 5. The van der Waals surface area contributed by atoms with Crippen molar-refractivity contribution in [3.05, 3.63) is 29.3 Å². The lowest BCUT2D eigenvalue weighted by atomic mass is 10.1. The Hall–Kier alpha value is -2.90. The predicted molar refractivity (Wildman–Crippen MR) is 89.8 cm³/mol. The molecule has 1 heterocycles. The number of anilines is 1. The molecule has 134 valence electrons. The van der Waals surface area contributed by atoms with E-state index in [1.807, 2.05) is 26.0 Å². The van der Waals surface area contributed by atoms with E-state index in [0.29, 0.717) is 5.69 Å². The van der Waals surface area contributed by atoms with Crippen molar-refractivity contribution in [3.63, 3.8) is 0 Å². The fourth-order valence-electron chi connectivity index (χ4n) is 2.42. The molecule has 0 unspecified atom stereocenters. The van der Waals surface area contributed by atoms with E-state index < -0.39 is 42.5 Å². The number of carbonyl (C=O) groups is 4. The number of nitrogens with one attached hydrogen (secondary N) is 2. The zero-order valence-electron chi connectivity index (χ0n) is 14.6. The predicted octanol–water partition coefficient (Wildman–Crippen LogP) is 1.12. The van der Waals surface area contributed by atoms with Gasteiger partial charge in [0.25, 0.3) is 11.8 Å². The first-order chi connectivity index (χ1) is 11.6. The number of aryl methyl sites for hydroxylation is 2. The summed E-state index contributed by atoms with van der Waals surface area (Å²) < 4.78 is 4.84. The smallest absolute Gasteiger partial charge is 0.326 e. The monoisotopic (exact) mass is 347 g/mol. The summed E-state index contributed by atoms with van der Waals surface area (Å²) in [6.45, 7) is 5.83. The molecular weight excluding hydrogens is 326 g/mol. The molecule has 0 saturated carbocycles. The molecule has 1 aromatic carbocycles. The molecule has 0 bridgehead atoms. The van der Waals surface area contributed by atoms with Gasteiger partial charge in [-0.05, 0) is 39.3 Å².